The maximum Gasteiger partial charge on any atom is 0.332 e. The predicted octanol–water partition coefficient (Wildman–Crippen LogP) is 1.89. The third-order valence-electron chi connectivity index (χ3n) is 4.14. The van der Waals surface area contributed by atoms with Gasteiger partial charge in [0.15, 0.2) is 6.10 Å². The van der Waals surface area contributed by atoms with Crippen molar-refractivity contribution in [3.05, 3.63) is 35.9 Å². The Morgan fingerprint density at radius 2 is 1.76 bits per heavy atom. The molecule has 5 heteroatoms. The van der Waals surface area contributed by atoms with Gasteiger partial charge in [-0.15, -0.1) is 0 Å². The van der Waals surface area contributed by atoms with Crippen molar-refractivity contribution in [2.45, 2.75) is 43.9 Å². The predicted molar refractivity (Wildman–Crippen MR) is 75.6 cm³/mol. The zero-order valence-corrected chi connectivity index (χ0v) is 11.7. The minimum atomic E-state index is -0.993. The number of amides is 1. The van der Waals surface area contributed by atoms with Crippen LogP contribution in [0.15, 0.2) is 30.3 Å². The van der Waals surface area contributed by atoms with E-state index in [-0.39, 0.29) is 11.9 Å². The molecule has 0 radical (unpaired) electrons. The number of carboxylic acids is 1. The van der Waals surface area contributed by atoms with Crippen LogP contribution in [0.3, 0.4) is 0 Å². The zero-order valence-electron chi connectivity index (χ0n) is 11.7. The van der Waals surface area contributed by atoms with Crippen molar-refractivity contribution in [2.75, 3.05) is 0 Å². The van der Waals surface area contributed by atoms with E-state index in [4.69, 9.17) is 9.84 Å². The number of hydrogen-bond donors (Lipinski definition) is 2. The highest BCUT2D eigenvalue weighted by molar-refractivity contribution is 5.83. The maximum atomic E-state index is 12.3. The Bertz CT molecular complexity index is 526. The van der Waals surface area contributed by atoms with Gasteiger partial charge in [0.25, 0.3) is 0 Å². The first-order valence-electron chi connectivity index (χ1n) is 7.38. The number of benzene rings is 1. The number of rotatable bonds is 5. The van der Waals surface area contributed by atoms with Crippen molar-refractivity contribution in [3.63, 3.8) is 0 Å². The van der Waals surface area contributed by atoms with Gasteiger partial charge in [0.2, 0.25) is 5.91 Å². The third kappa shape index (κ3) is 3.24. The maximum absolute atomic E-state index is 12.3. The lowest BCUT2D eigenvalue weighted by molar-refractivity contribution is -0.152. The fourth-order valence-electron chi connectivity index (χ4n) is 2.82. The SMILES string of the molecule is O=C(O)C1CCC(C(=O)NC(c2ccccc2)C2CC2)O1. The molecule has 1 aliphatic heterocycles. The van der Waals surface area contributed by atoms with E-state index >= 15 is 0 Å². The quantitative estimate of drug-likeness (QED) is 0.868. The molecule has 2 N–H and O–H groups in total. The lowest BCUT2D eigenvalue weighted by atomic mass is 10.0. The number of aliphatic carboxylic acids is 1. The molecule has 2 aliphatic rings. The summed E-state index contributed by atoms with van der Waals surface area (Å²) in [4.78, 5) is 23.2. The lowest BCUT2D eigenvalue weighted by Gasteiger charge is -2.21. The molecule has 112 valence electrons. The molecule has 3 atom stereocenters. The molecule has 0 spiro atoms. The van der Waals surface area contributed by atoms with Crippen LogP contribution in [-0.4, -0.2) is 29.2 Å². The molecular weight excluding hydrogens is 270 g/mol. The number of ether oxygens (including phenoxy) is 1. The molecular formula is C16H19NO4. The van der Waals surface area contributed by atoms with Gasteiger partial charge in [-0.2, -0.15) is 0 Å². The van der Waals surface area contributed by atoms with Crippen LogP contribution in [0.5, 0.6) is 0 Å². The molecule has 1 heterocycles. The van der Waals surface area contributed by atoms with Crippen LogP contribution in [0.25, 0.3) is 0 Å². The highest BCUT2D eigenvalue weighted by atomic mass is 16.5. The second-order valence-corrected chi connectivity index (χ2v) is 5.76. The molecule has 1 amide bonds. The van der Waals surface area contributed by atoms with Crippen LogP contribution >= 0.6 is 0 Å². The van der Waals surface area contributed by atoms with E-state index in [1.807, 2.05) is 30.3 Å². The lowest BCUT2D eigenvalue weighted by Crippen LogP contribution is -2.38. The van der Waals surface area contributed by atoms with Gasteiger partial charge < -0.3 is 15.2 Å². The number of hydrogen-bond acceptors (Lipinski definition) is 3. The minimum Gasteiger partial charge on any atom is -0.479 e. The number of carbonyl (C=O) groups is 2. The average Bonchev–Trinajstić information content (AvgIpc) is 3.20. The average molecular weight is 289 g/mol. The monoisotopic (exact) mass is 289 g/mol. The van der Waals surface area contributed by atoms with E-state index in [0.717, 1.165) is 18.4 Å². The molecule has 0 bridgehead atoms. The van der Waals surface area contributed by atoms with E-state index in [0.29, 0.717) is 18.8 Å². The highest BCUT2D eigenvalue weighted by Crippen LogP contribution is 2.41. The Kier molecular flexibility index (Phi) is 3.92. The van der Waals surface area contributed by atoms with Crippen molar-refractivity contribution in [2.24, 2.45) is 5.92 Å². The first-order valence-corrected chi connectivity index (χ1v) is 7.38. The zero-order chi connectivity index (χ0) is 14.8. The van der Waals surface area contributed by atoms with Crippen LogP contribution in [0.1, 0.15) is 37.3 Å². The summed E-state index contributed by atoms with van der Waals surface area (Å²) in [6, 6.07) is 9.91. The Labute approximate surface area is 123 Å². The fraction of sp³-hybridized carbons (Fsp3) is 0.500. The van der Waals surface area contributed by atoms with Gasteiger partial charge in [-0.05, 0) is 37.2 Å². The summed E-state index contributed by atoms with van der Waals surface area (Å²) in [5, 5.41) is 12.0. The second-order valence-electron chi connectivity index (χ2n) is 5.76. The van der Waals surface area contributed by atoms with E-state index in [2.05, 4.69) is 5.32 Å². The van der Waals surface area contributed by atoms with Crippen molar-refractivity contribution < 1.29 is 19.4 Å². The first-order chi connectivity index (χ1) is 10.1. The summed E-state index contributed by atoms with van der Waals surface area (Å²) < 4.78 is 5.31. The number of carboxylic acid groups (broad SMARTS) is 1. The summed E-state index contributed by atoms with van der Waals surface area (Å²) in [6.07, 6.45) is 1.60. The molecule has 1 aromatic carbocycles. The summed E-state index contributed by atoms with van der Waals surface area (Å²) in [6.45, 7) is 0. The van der Waals surface area contributed by atoms with Gasteiger partial charge in [-0.25, -0.2) is 4.79 Å². The molecule has 2 fully saturated rings. The van der Waals surface area contributed by atoms with Crippen molar-refractivity contribution in [3.8, 4) is 0 Å². The van der Waals surface area contributed by atoms with Gasteiger partial charge in [0.05, 0.1) is 6.04 Å². The standard InChI is InChI=1S/C16H19NO4/c18-15(12-8-9-13(21-12)16(19)20)17-14(11-6-7-11)10-4-2-1-3-5-10/h1-5,11-14H,6-9H2,(H,17,18)(H,19,20). The Morgan fingerprint density at radius 3 is 2.33 bits per heavy atom. The van der Waals surface area contributed by atoms with Crippen LogP contribution in [0.4, 0.5) is 0 Å². The molecule has 3 unspecified atom stereocenters. The normalized spacial score (nSPS) is 26.3. The smallest absolute Gasteiger partial charge is 0.332 e. The molecule has 21 heavy (non-hydrogen) atoms. The summed E-state index contributed by atoms with van der Waals surface area (Å²) in [5.74, 6) is -0.709. The largest absolute Gasteiger partial charge is 0.479 e. The number of carbonyl (C=O) groups excluding carboxylic acids is 1. The molecule has 1 saturated carbocycles. The molecule has 0 aromatic heterocycles. The van der Waals surface area contributed by atoms with E-state index in [9.17, 15) is 9.59 Å². The van der Waals surface area contributed by atoms with E-state index < -0.39 is 18.2 Å². The fourth-order valence-corrected chi connectivity index (χ4v) is 2.82. The Morgan fingerprint density at radius 1 is 1.10 bits per heavy atom. The van der Waals surface area contributed by atoms with Gasteiger partial charge in [0, 0.05) is 0 Å². The topological polar surface area (TPSA) is 75.6 Å². The number of nitrogens with one attached hydrogen (secondary N) is 1. The highest BCUT2D eigenvalue weighted by Gasteiger charge is 2.38. The van der Waals surface area contributed by atoms with Crippen LogP contribution in [-0.2, 0) is 14.3 Å². The molecule has 1 saturated heterocycles. The van der Waals surface area contributed by atoms with Crippen LogP contribution in [0, 0.1) is 5.92 Å². The summed E-state index contributed by atoms with van der Waals surface area (Å²) in [5.41, 5.74) is 1.10. The summed E-state index contributed by atoms with van der Waals surface area (Å²) >= 11 is 0. The molecule has 1 aromatic rings. The second kappa shape index (κ2) is 5.85. The molecule has 1 aliphatic carbocycles. The van der Waals surface area contributed by atoms with Crippen molar-refractivity contribution in [1.29, 1.82) is 0 Å². The van der Waals surface area contributed by atoms with Gasteiger partial charge in [-0.1, -0.05) is 30.3 Å². The van der Waals surface area contributed by atoms with E-state index in [1.54, 1.807) is 0 Å². The molecule has 5 nitrogen and oxygen atoms in total. The van der Waals surface area contributed by atoms with Crippen molar-refractivity contribution >= 4 is 11.9 Å². The van der Waals surface area contributed by atoms with Crippen LogP contribution < -0.4 is 5.32 Å². The molecule has 3 rings (SSSR count). The van der Waals surface area contributed by atoms with E-state index in [1.165, 1.54) is 0 Å². The van der Waals surface area contributed by atoms with Gasteiger partial charge in [-0.3, -0.25) is 4.79 Å². The first kappa shape index (κ1) is 14.1. The summed E-state index contributed by atoms with van der Waals surface area (Å²) in [7, 11) is 0. The van der Waals surface area contributed by atoms with Crippen molar-refractivity contribution in [1.82, 2.24) is 5.32 Å². The Hall–Kier alpha value is -1.88. The Balaban J connectivity index is 1.64. The third-order valence-corrected chi connectivity index (χ3v) is 4.14. The van der Waals surface area contributed by atoms with Crippen LogP contribution in [0.2, 0.25) is 0 Å². The van der Waals surface area contributed by atoms with Gasteiger partial charge in [0.1, 0.15) is 6.10 Å². The minimum absolute atomic E-state index is 0.00572. The van der Waals surface area contributed by atoms with Gasteiger partial charge >= 0.3 is 5.97 Å².